The highest BCUT2D eigenvalue weighted by atomic mass is 35.5. The molecule has 19 heavy (non-hydrogen) atoms. The Morgan fingerprint density at radius 3 is 1.32 bits per heavy atom. The Kier molecular flexibility index (Phi) is 17.4. The fraction of sp³-hybridized carbons (Fsp3) is 0.765. The molecule has 108 valence electrons. The second-order valence-electron chi connectivity index (χ2n) is 4.59. The highest BCUT2D eigenvalue weighted by molar-refractivity contribution is 6.18. The van der Waals surface area contributed by atoms with Crippen molar-refractivity contribution in [1.82, 2.24) is 0 Å². The van der Waals surface area contributed by atoms with E-state index in [1.54, 1.807) is 0 Å². The average molecular weight is 301 g/mol. The summed E-state index contributed by atoms with van der Waals surface area (Å²) in [7, 11) is 0. The fourth-order valence-corrected chi connectivity index (χ4v) is 2.05. The van der Waals surface area contributed by atoms with Crippen molar-refractivity contribution in [3.63, 3.8) is 0 Å². The summed E-state index contributed by atoms with van der Waals surface area (Å²) in [6.45, 7) is 0. The molecule has 0 nitrogen and oxygen atoms in total. The van der Waals surface area contributed by atoms with Gasteiger partial charge in [-0.25, -0.2) is 0 Å². The van der Waals surface area contributed by atoms with E-state index >= 15 is 0 Å². The maximum absolute atomic E-state index is 5.61. The molecule has 0 unspecified atom stereocenters. The van der Waals surface area contributed by atoms with Crippen LogP contribution in [0.4, 0.5) is 0 Å². The van der Waals surface area contributed by atoms with Gasteiger partial charge in [-0.3, -0.25) is 0 Å². The summed E-state index contributed by atoms with van der Waals surface area (Å²) >= 11 is 11.2. The number of hydrogen-bond donors (Lipinski definition) is 0. The zero-order chi connectivity index (χ0) is 14.0. The average Bonchev–Trinajstić information content (AvgIpc) is 2.43. The highest BCUT2D eigenvalue weighted by Crippen LogP contribution is 2.03. The molecule has 2 heteroatoms. The van der Waals surface area contributed by atoms with Crippen LogP contribution in [0.25, 0.3) is 0 Å². The molecule has 0 N–H and O–H groups in total. The predicted molar refractivity (Wildman–Crippen MR) is 87.8 cm³/mol. The zero-order valence-electron chi connectivity index (χ0n) is 11.9. The molecule has 0 aromatic heterocycles. The normalized spacial score (nSPS) is 9.37. The molecule has 0 aliphatic heterocycles. The van der Waals surface area contributed by atoms with Crippen LogP contribution in [0.3, 0.4) is 0 Å². The second-order valence-corrected chi connectivity index (χ2v) is 5.35. The van der Waals surface area contributed by atoms with Crippen LogP contribution in [0.1, 0.15) is 70.6 Å². The fourth-order valence-electron chi connectivity index (χ4n) is 1.67. The van der Waals surface area contributed by atoms with E-state index in [0.717, 1.165) is 43.9 Å². The molecule has 0 saturated carbocycles. The number of hydrogen-bond acceptors (Lipinski definition) is 0. The Morgan fingerprint density at radius 1 is 0.474 bits per heavy atom. The lowest BCUT2D eigenvalue weighted by molar-refractivity contribution is 0.682. The van der Waals surface area contributed by atoms with Crippen LogP contribution in [0.5, 0.6) is 0 Å². The Morgan fingerprint density at radius 2 is 0.895 bits per heavy atom. The minimum atomic E-state index is 0.726. The smallest absolute Gasteiger partial charge is 0.0702 e. The lowest BCUT2D eigenvalue weighted by Crippen LogP contribution is -1.78. The van der Waals surface area contributed by atoms with Crippen molar-refractivity contribution < 1.29 is 0 Å². The number of alkyl halides is 2. The van der Waals surface area contributed by atoms with Crippen LogP contribution in [-0.4, -0.2) is 11.8 Å². The first-order chi connectivity index (χ1) is 9.41. The van der Waals surface area contributed by atoms with Gasteiger partial charge in [-0.2, -0.15) is 0 Å². The largest absolute Gasteiger partial charge is 0.127 e. The van der Waals surface area contributed by atoms with E-state index in [1.807, 2.05) is 0 Å². The molecule has 0 spiro atoms. The summed E-state index contributed by atoms with van der Waals surface area (Å²) in [4.78, 5) is 0. The summed E-state index contributed by atoms with van der Waals surface area (Å²) < 4.78 is 0. The SMILES string of the molecule is ClCCCCCCC#CCC#CCCCCCCCl. The Bertz CT molecular complexity index is 258. The second kappa shape index (κ2) is 17.7. The number of unbranched alkanes of at least 4 members (excludes halogenated alkanes) is 8. The summed E-state index contributed by atoms with van der Waals surface area (Å²) in [6, 6.07) is 0. The van der Waals surface area contributed by atoms with Crippen LogP contribution < -0.4 is 0 Å². The molecule has 0 bridgehead atoms. The van der Waals surface area contributed by atoms with E-state index in [1.165, 1.54) is 38.5 Å². The lowest BCUT2D eigenvalue weighted by atomic mass is 10.1. The highest BCUT2D eigenvalue weighted by Gasteiger charge is 1.87. The van der Waals surface area contributed by atoms with Gasteiger partial charge in [0.2, 0.25) is 0 Å². The number of rotatable bonds is 10. The molecule has 0 aromatic carbocycles. The van der Waals surface area contributed by atoms with Crippen LogP contribution in [-0.2, 0) is 0 Å². The van der Waals surface area contributed by atoms with Gasteiger partial charge in [0, 0.05) is 24.6 Å². The van der Waals surface area contributed by atoms with Gasteiger partial charge in [0.1, 0.15) is 0 Å². The van der Waals surface area contributed by atoms with Crippen molar-refractivity contribution in [1.29, 1.82) is 0 Å². The topological polar surface area (TPSA) is 0 Å². The van der Waals surface area contributed by atoms with Crippen molar-refractivity contribution in [2.45, 2.75) is 70.6 Å². The van der Waals surface area contributed by atoms with E-state index in [-0.39, 0.29) is 0 Å². The van der Waals surface area contributed by atoms with E-state index in [0.29, 0.717) is 0 Å². The molecule has 0 rings (SSSR count). The minimum Gasteiger partial charge on any atom is -0.127 e. The van der Waals surface area contributed by atoms with Gasteiger partial charge in [0.05, 0.1) is 6.42 Å². The third-order valence-electron chi connectivity index (χ3n) is 2.80. The van der Waals surface area contributed by atoms with Crippen molar-refractivity contribution in [3.8, 4) is 23.7 Å². The van der Waals surface area contributed by atoms with E-state index in [4.69, 9.17) is 23.2 Å². The molecule has 0 fully saturated rings. The molecule has 0 radical (unpaired) electrons. The molecule has 0 aliphatic rings. The van der Waals surface area contributed by atoms with Gasteiger partial charge in [-0.05, 0) is 25.7 Å². The number of halogens is 2. The zero-order valence-corrected chi connectivity index (χ0v) is 13.5. The monoisotopic (exact) mass is 300 g/mol. The van der Waals surface area contributed by atoms with E-state index < -0.39 is 0 Å². The first-order valence-corrected chi connectivity index (χ1v) is 8.52. The molecule has 0 saturated heterocycles. The van der Waals surface area contributed by atoms with Crippen molar-refractivity contribution >= 4 is 23.2 Å². The Hall–Kier alpha value is -0.300. The van der Waals surface area contributed by atoms with Crippen molar-refractivity contribution in [2.24, 2.45) is 0 Å². The van der Waals surface area contributed by atoms with Crippen molar-refractivity contribution in [3.05, 3.63) is 0 Å². The van der Waals surface area contributed by atoms with Crippen LogP contribution in [0.2, 0.25) is 0 Å². The summed E-state index contributed by atoms with van der Waals surface area (Å²) in [6.07, 6.45) is 12.3. The molecule has 0 amide bonds. The first-order valence-electron chi connectivity index (χ1n) is 7.45. The van der Waals surface area contributed by atoms with E-state index in [2.05, 4.69) is 23.7 Å². The van der Waals surface area contributed by atoms with Crippen LogP contribution in [0, 0.1) is 23.7 Å². The van der Waals surface area contributed by atoms with Crippen LogP contribution >= 0.6 is 23.2 Å². The Balaban J connectivity index is 3.24. The first kappa shape index (κ1) is 18.7. The van der Waals surface area contributed by atoms with E-state index in [9.17, 15) is 0 Å². The minimum absolute atomic E-state index is 0.726. The summed E-state index contributed by atoms with van der Waals surface area (Å²) in [5.41, 5.74) is 0. The van der Waals surface area contributed by atoms with Gasteiger partial charge in [-0.15, -0.1) is 35.0 Å². The predicted octanol–water partition coefficient (Wildman–Crippen LogP) is 5.76. The summed E-state index contributed by atoms with van der Waals surface area (Å²) in [5, 5.41) is 0. The molecule has 0 atom stereocenters. The van der Waals surface area contributed by atoms with Gasteiger partial charge >= 0.3 is 0 Å². The van der Waals surface area contributed by atoms with Gasteiger partial charge in [0.25, 0.3) is 0 Å². The van der Waals surface area contributed by atoms with Gasteiger partial charge in [0.15, 0.2) is 0 Å². The lowest BCUT2D eigenvalue weighted by Gasteiger charge is -1.93. The van der Waals surface area contributed by atoms with Gasteiger partial charge < -0.3 is 0 Å². The third kappa shape index (κ3) is 17.7. The molecular formula is C17H26Cl2. The molecule has 0 aliphatic carbocycles. The van der Waals surface area contributed by atoms with Crippen molar-refractivity contribution in [2.75, 3.05) is 11.8 Å². The maximum Gasteiger partial charge on any atom is 0.0702 e. The molecular weight excluding hydrogens is 275 g/mol. The maximum atomic E-state index is 5.61. The Labute approximate surface area is 129 Å². The molecule has 0 aromatic rings. The quantitative estimate of drug-likeness (QED) is 0.273. The summed E-state index contributed by atoms with van der Waals surface area (Å²) in [5.74, 6) is 14.2. The van der Waals surface area contributed by atoms with Crippen LogP contribution in [0.15, 0.2) is 0 Å². The standard InChI is InChI=1S/C17H26Cl2/c18-16-14-12-10-8-6-4-2-1-3-5-7-9-11-13-15-17-19/h1,6-17H2. The third-order valence-corrected chi connectivity index (χ3v) is 3.33. The molecule has 0 heterocycles. The van der Waals surface area contributed by atoms with Gasteiger partial charge in [-0.1, -0.05) is 37.5 Å².